The van der Waals surface area contributed by atoms with Gasteiger partial charge in [0.1, 0.15) is 5.82 Å². The van der Waals surface area contributed by atoms with Crippen LogP contribution in [0.2, 0.25) is 0 Å². The van der Waals surface area contributed by atoms with E-state index in [2.05, 4.69) is 23.7 Å². The van der Waals surface area contributed by atoms with Crippen LogP contribution in [0.25, 0.3) is 0 Å². The highest BCUT2D eigenvalue weighted by Gasteiger charge is 2.30. The lowest BCUT2D eigenvalue weighted by Gasteiger charge is -2.24. The van der Waals surface area contributed by atoms with Crippen LogP contribution in [-0.2, 0) is 0 Å². The van der Waals surface area contributed by atoms with Crippen LogP contribution in [0.1, 0.15) is 43.6 Å². The zero-order valence-corrected chi connectivity index (χ0v) is 11.0. The number of nitrogens with zero attached hydrogens (tertiary/aromatic N) is 2. The Labute approximate surface area is 108 Å². The molecule has 0 saturated heterocycles. The van der Waals surface area contributed by atoms with E-state index < -0.39 is 5.97 Å². The summed E-state index contributed by atoms with van der Waals surface area (Å²) in [5.41, 5.74) is 0.127. The van der Waals surface area contributed by atoms with Crippen molar-refractivity contribution in [3.05, 3.63) is 23.9 Å². The van der Waals surface area contributed by atoms with Crippen molar-refractivity contribution in [3.8, 4) is 0 Å². The third-order valence-electron chi connectivity index (χ3n) is 3.18. The predicted octanol–water partition coefficient (Wildman–Crippen LogP) is 2.79. The van der Waals surface area contributed by atoms with Gasteiger partial charge in [0, 0.05) is 12.6 Å². The average molecular weight is 248 g/mol. The first-order valence-corrected chi connectivity index (χ1v) is 6.55. The summed E-state index contributed by atoms with van der Waals surface area (Å²) in [5, 5.41) is 8.98. The maximum atomic E-state index is 10.9. The second-order valence-corrected chi connectivity index (χ2v) is 5.29. The molecule has 0 radical (unpaired) electrons. The van der Waals surface area contributed by atoms with Crippen LogP contribution >= 0.6 is 0 Å². The molecule has 0 spiro atoms. The fourth-order valence-electron chi connectivity index (χ4n) is 1.97. The second kappa shape index (κ2) is 5.38. The number of hydrogen-bond acceptors (Lipinski definition) is 3. The van der Waals surface area contributed by atoms with E-state index in [1.165, 1.54) is 12.8 Å². The maximum Gasteiger partial charge on any atom is 0.354 e. The Balaban J connectivity index is 2.14. The zero-order chi connectivity index (χ0) is 13.1. The summed E-state index contributed by atoms with van der Waals surface area (Å²) < 4.78 is 0. The van der Waals surface area contributed by atoms with Gasteiger partial charge < -0.3 is 10.0 Å². The number of rotatable bonds is 6. The second-order valence-electron chi connectivity index (χ2n) is 5.29. The van der Waals surface area contributed by atoms with Crippen molar-refractivity contribution < 1.29 is 9.90 Å². The molecule has 1 N–H and O–H groups in total. The minimum absolute atomic E-state index is 0.127. The molecule has 0 unspecified atom stereocenters. The van der Waals surface area contributed by atoms with E-state index in [9.17, 15) is 4.79 Å². The number of pyridine rings is 1. The number of carbonyl (C=O) groups is 1. The molecule has 4 nitrogen and oxygen atoms in total. The Kier molecular flexibility index (Phi) is 3.84. The van der Waals surface area contributed by atoms with Crippen molar-refractivity contribution in [2.45, 2.75) is 39.2 Å². The lowest BCUT2D eigenvalue weighted by molar-refractivity contribution is 0.0690. The molecule has 1 aliphatic rings. The van der Waals surface area contributed by atoms with Gasteiger partial charge in [-0.1, -0.05) is 19.9 Å². The molecule has 1 saturated carbocycles. The quantitative estimate of drug-likeness (QED) is 0.841. The molecule has 0 aliphatic heterocycles. The number of aromatic carboxylic acids is 1. The minimum atomic E-state index is -0.962. The predicted molar refractivity (Wildman–Crippen MR) is 71.0 cm³/mol. The lowest BCUT2D eigenvalue weighted by atomic mass is 10.1. The van der Waals surface area contributed by atoms with Crippen molar-refractivity contribution in [1.82, 2.24) is 4.98 Å². The number of hydrogen-bond donors (Lipinski definition) is 1. The van der Waals surface area contributed by atoms with Crippen molar-refractivity contribution in [2.75, 3.05) is 11.4 Å². The van der Waals surface area contributed by atoms with Gasteiger partial charge >= 0.3 is 5.97 Å². The third-order valence-corrected chi connectivity index (χ3v) is 3.18. The first-order valence-electron chi connectivity index (χ1n) is 6.55. The molecule has 1 fully saturated rings. The highest BCUT2D eigenvalue weighted by atomic mass is 16.4. The van der Waals surface area contributed by atoms with E-state index in [4.69, 9.17) is 5.11 Å². The fraction of sp³-hybridized carbons (Fsp3) is 0.571. The van der Waals surface area contributed by atoms with Crippen molar-refractivity contribution in [3.63, 3.8) is 0 Å². The Hall–Kier alpha value is -1.58. The summed E-state index contributed by atoms with van der Waals surface area (Å²) in [5.74, 6) is 0.489. The summed E-state index contributed by atoms with van der Waals surface area (Å²) in [6.45, 7) is 5.36. The van der Waals surface area contributed by atoms with Gasteiger partial charge in [-0.05, 0) is 37.3 Å². The molecule has 0 aromatic carbocycles. The lowest BCUT2D eigenvalue weighted by Crippen LogP contribution is -2.29. The molecule has 1 aromatic rings. The maximum absolute atomic E-state index is 10.9. The van der Waals surface area contributed by atoms with Gasteiger partial charge in [0.25, 0.3) is 0 Å². The number of carboxylic acid groups (broad SMARTS) is 1. The Morgan fingerprint density at radius 3 is 2.78 bits per heavy atom. The van der Waals surface area contributed by atoms with Crippen LogP contribution in [0.4, 0.5) is 5.82 Å². The molecule has 4 heteroatoms. The number of aromatic nitrogens is 1. The SMILES string of the molecule is CC(C)CCN(c1cccc(C(=O)O)n1)C1CC1. The van der Waals surface area contributed by atoms with Gasteiger partial charge in [0.15, 0.2) is 5.69 Å². The third kappa shape index (κ3) is 3.22. The van der Waals surface area contributed by atoms with E-state index in [0.29, 0.717) is 12.0 Å². The van der Waals surface area contributed by atoms with E-state index in [1.54, 1.807) is 12.1 Å². The smallest absolute Gasteiger partial charge is 0.354 e. The monoisotopic (exact) mass is 248 g/mol. The normalized spacial score (nSPS) is 14.8. The van der Waals surface area contributed by atoms with Gasteiger partial charge in [-0.25, -0.2) is 9.78 Å². The van der Waals surface area contributed by atoms with Crippen LogP contribution in [-0.4, -0.2) is 28.6 Å². The molecular formula is C14H20N2O2. The van der Waals surface area contributed by atoms with Crippen molar-refractivity contribution in [2.24, 2.45) is 5.92 Å². The summed E-state index contributed by atoms with van der Waals surface area (Å²) in [6.07, 6.45) is 3.49. The van der Waals surface area contributed by atoms with E-state index in [-0.39, 0.29) is 5.69 Å². The van der Waals surface area contributed by atoms with Gasteiger partial charge in [-0.15, -0.1) is 0 Å². The molecular weight excluding hydrogens is 228 g/mol. The molecule has 0 bridgehead atoms. The zero-order valence-electron chi connectivity index (χ0n) is 11.0. The van der Waals surface area contributed by atoms with E-state index in [1.807, 2.05) is 6.07 Å². The molecule has 0 amide bonds. The number of carboxylic acids is 1. The molecule has 1 aromatic heterocycles. The molecule has 18 heavy (non-hydrogen) atoms. The molecule has 1 aliphatic carbocycles. The largest absolute Gasteiger partial charge is 0.477 e. The summed E-state index contributed by atoms with van der Waals surface area (Å²) in [6, 6.07) is 5.78. The van der Waals surface area contributed by atoms with Crippen molar-refractivity contribution in [1.29, 1.82) is 0 Å². The van der Waals surface area contributed by atoms with Crippen LogP contribution in [0, 0.1) is 5.92 Å². The average Bonchev–Trinajstić information content (AvgIpc) is 3.14. The first-order chi connectivity index (χ1) is 8.58. The minimum Gasteiger partial charge on any atom is -0.477 e. The Bertz CT molecular complexity index is 428. The first kappa shape index (κ1) is 12.9. The number of anilines is 1. The fourth-order valence-corrected chi connectivity index (χ4v) is 1.97. The Morgan fingerprint density at radius 2 is 2.22 bits per heavy atom. The highest BCUT2D eigenvalue weighted by Crippen LogP contribution is 2.31. The molecule has 0 atom stereocenters. The van der Waals surface area contributed by atoms with Gasteiger partial charge in [0.2, 0.25) is 0 Å². The van der Waals surface area contributed by atoms with Crippen LogP contribution in [0.3, 0.4) is 0 Å². The van der Waals surface area contributed by atoms with E-state index in [0.717, 1.165) is 18.8 Å². The summed E-state index contributed by atoms with van der Waals surface area (Å²) >= 11 is 0. The van der Waals surface area contributed by atoms with Gasteiger partial charge in [0.05, 0.1) is 0 Å². The van der Waals surface area contributed by atoms with Gasteiger partial charge in [-0.2, -0.15) is 0 Å². The highest BCUT2D eigenvalue weighted by molar-refractivity contribution is 5.85. The Morgan fingerprint density at radius 1 is 1.50 bits per heavy atom. The van der Waals surface area contributed by atoms with Gasteiger partial charge in [-0.3, -0.25) is 0 Å². The molecule has 1 heterocycles. The van der Waals surface area contributed by atoms with Crippen LogP contribution < -0.4 is 4.90 Å². The summed E-state index contributed by atoms with van der Waals surface area (Å²) in [4.78, 5) is 17.4. The summed E-state index contributed by atoms with van der Waals surface area (Å²) in [7, 11) is 0. The molecule has 98 valence electrons. The molecule has 2 rings (SSSR count). The topological polar surface area (TPSA) is 53.4 Å². The van der Waals surface area contributed by atoms with Crippen molar-refractivity contribution >= 4 is 11.8 Å². The standard InChI is InChI=1S/C14H20N2O2/c1-10(2)8-9-16(11-6-7-11)13-5-3-4-12(15-13)14(17)18/h3-5,10-11H,6-9H2,1-2H3,(H,17,18). The van der Waals surface area contributed by atoms with Crippen LogP contribution in [0.15, 0.2) is 18.2 Å². The van der Waals surface area contributed by atoms with Crippen LogP contribution in [0.5, 0.6) is 0 Å². The van der Waals surface area contributed by atoms with E-state index >= 15 is 0 Å².